The number of hydrogen-bond acceptors (Lipinski definition) is 4. The Kier molecular flexibility index (Phi) is 5.46. The maximum atomic E-state index is 13.0. The second-order valence-electron chi connectivity index (χ2n) is 6.18. The van der Waals surface area contributed by atoms with E-state index in [0.717, 1.165) is 33.2 Å². The summed E-state index contributed by atoms with van der Waals surface area (Å²) in [5.41, 5.74) is 4.86. The standard InChI is InChI=1S/C19H21FN4OS/c1-12-16(13(2)24(3)23-12)8-9-18(25)21-10-19-22-17(11-26-19)14-4-6-15(20)7-5-14/h4-7,11H,8-10H2,1-3H3,(H,21,25). The molecule has 7 heteroatoms. The van der Waals surface area contributed by atoms with Gasteiger partial charge in [0.15, 0.2) is 0 Å². The van der Waals surface area contributed by atoms with E-state index in [9.17, 15) is 9.18 Å². The zero-order valence-corrected chi connectivity index (χ0v) is 15.9. The highest BCUT2D eigenvalue weighted by Crippen LogP contribution is 2.22. The Balaban J connectivity index is 1.52. The number of aryl methyl sites for hydroxylation is 2. The summed E-state index contributed by atoms with van der Waals surface area (Å²) in [6.45, 7) is 4.38. The van der Waals surface area contributed by atoms with Crippen molar-refractivity contribution in [3.05, 3.63) is 57.4 Å². The number of amides is 1. The van der Waals surface area contributed by atoms with E-state index in [0.29, 0.717) is 19.4 Å². The molecule has 2 aromatic heterocycles. The van der Waals surface area contributed by atoms with Crippen LogP contribution in [0.1, 0.15) is 28.4 Å². The van der Waals surface area contributed by atoms with Crippen molar-refractivity contribution >= 4 is 17.2 Å². The lowest BCUT2D eigenvalue weighted by atomic mass is 10.1. The van der Waals surface area contributed by atoms with E-state index in [1.54, 1.807) is 12.1 Å². The number of carbonyl (C=O) groups excluding carboxylic acids is 1. The SMILES string of the molecule is Cc1nn(C)c(C)c1CCC(=O)NCc1nc(-c2ccc(F)cc2)cs1. The van der Waals surface area contributed by atoms with Crippen LogP contribution in [0.5, 0.6) is 0 Å². The summed E-state index contributed by atoms with van der Waals surface area (Å²) in [7, 11) is 1.91. The normalized spacial score (nSPS) is 10.9. The molecule has 0 aliphatic rings. The highest BCUT2D eigenvalue weighted by molar-refractivity contribution is 7.09. The highest BCUT2D eigenvalue weighted by atomic mass is 32.1. The fraction of sp³-hybridized carbons (Fsp3) is 0.316. The molecule has 0 atom stereocenters. The molecule has 0 fully saturated rings. The van der Waals surface area contributed by atoms with Gasteiger partial charge >= 0.3 is 0 Å². The molecule has 3 rings (SSSR count). The van der Waals surface area contributed by atoms with Crippen molar-refractivity contribution in [2.45, 2.75) is 33.2 Å². The van der Waals surface area contributed by atoms with Crippen molar-refractivity contribution in [2.24, 2.45) is 7.05 Å². The van der Waals surface area contributed by atoms with Gasteiger partial charge in [0.05, 0.1) is 17.9 Å². The Morgan fingerprint density at radius 3 is 2.65 bits per heavy atom. The van der Waals surface area contributed by atoms with Crippen LogP contribution < -0.4 is 5.32 Å². The Labute approximate surface area is 155 Å². The van der Waals surface area contributed by atoms with Gasteiger partial charge in [0.2, 0.25) is 5.91 Å². The van der Waals surface area contributed by atoms with Gasteiger partial charge in [0.25, 0.3) is 0 Å². The van der Waals surface area contributed by atoms with Gasteiger partial charge in [-0.3, -0.25) is 9.48 Å². The van der Waals surface area contributed by atoms with Gasteiger partial charge in [-0.05, 0) is 50.1 Å². The van der Waals surface area contributed by atoms with Gasteiger partial charge in [-0.1, -0.05) is 0 Å². The van der Waals surface area contributed by atoms with Crippen molar-refractivity contribution in [3.63, 3.8) is 0 Å². The number of nitrogens with one attached hydrogen (secondary N) is 1. The molecule has 1 amide bonds. The number of thiazole rings is 1. The van der Waals surface area contributed by atoms with Crippen molar-refractivity contribution in [1.29, 1.82) is 0 Å². The van der Waals surface area contributed by atoms with E-state index >= 15 is 0 Å². The smallest absolute Gasteiger partial charge is 0.220 e. The second kappa shape index (κ2) is 7.78. The molecule has 1 aromatic carbocycles. The molecule has 136 valence electrons. The quantitative estimate of drug-likeness (QED) is 0.720. The molecule has 5 nitrogen and oxygen atoms in total. The van der Waals surface area contributed by atoms with Gasteiger partial charge < -0.3 is 5.32 Å². The first-order valence-electron chi connectivity index (χ1n) is 8.40. The third-order valence-electron chi connectivity index (χ3n) is 4.39. The number of benzene rings is 1. The number of halogens is 1. The van der Waals surface area contributed by atoms with Gasteiger partial charge in [-0.25, -0.2) is 9.37 Å². The average Bonchev–Trinajstić information content (AvgIpc) is 3.18. The van der Waals surface area contributed by atoms with Crippen LogP contribution >= 0.6 is 11.3 Å². The van der Waals surface area contributed by atoms with Crippen LogP contribution in [0.15, 0.2) is 29.6 Å². The molecule has 0 radical (unpaired) electrons. The summed E-state index contributed by atoms with van der Waals surface area (Å²) in [4.78, 5) is 16.6. The fourth-order valence-electron chi connectivity index (χ4n) is 2.83. The van der Waals surface area contributed by atoms with Crippen molar-refractivity contribution in [3.8, 4) is 11.3 Å². The van der Waals surface area contributed by atoms with Gasteiger partial charge in [0, 0.05) is 30.1 Å². The largest absolute Gasteiger partial charge is 0.350 e. The number of nitrogens with zero attached hydrogens (tertiary/aromatic N) is 3. The molecule has 0 spiro atoms. The molecule has 2 heterocycles. The Morgan fingerprint density at radius 1 is 1.27 bits per heavy atom. The molecular formula is C19H21FN4OS. The molecule has 0 saturated heterocycles. The van der Waals surface area contributed by atoms with Crippen LogP contribution in [-0.4, -0.2) is 20.7 Å². The summed E-state index contributed by atoms with van der Waals surface area (Å²) in [5, 5.41) is 10.0. The minimum Gasteiger partial charge on any atom is -0.350 e. The summed E-state index contributed by atoms with van der Waals surface area (Å²) in [5.74, 6) is -0.276. The molecule has 0 saturated carbocycles. The maximum absolute atomic E-state index is 13.0. The molecule has 0 unspecified atom stereocenters. The highest BCUT2D eigenvalue weighted by Gasteiger charge is 2.12. The zero-order valence-electron chi connectivity index (χ0n) is 15.0. The van der Waals surface area contributed by atoms with Gasteiger partial charge in [-0.2, -0.15) is 5.10 Å². The first-order chi connectivity index (χ1) is 12.4. The number of rotatable bonds is 6. The second-order valence-corrected chi connectivity index (χ2v) is 7.13. The summed E-state index contributed by atoms with van der Waals surface area (Å²) >= 11 is 1.48. The number of carbonyl (C=O) groups is 1. The van der Waals surface area contributed by atoms with Crippen molar-refractivity contribution in [1.82, 2.24) is 20.1 Å². The van der Waals surface area contributed by atoms with E-state index in [4.69, 9.17) is 0 Å². The molecule has 3 aromatic rings. The monoisotopic (exact) mass is 372 g/mol. The van der Waals surface area contributed by atoms with Crippen molar-refractivity contribution < 1.29 is 9.18 Å². The minimum absolute atomic E-state index is 0.00816. The van der Waals surface area contributed by atoms with E-state index in [-0.39, 0.29) is 11.7 Å². The fourth-order valence-corrected chi connectivity index (χ4v) is 3.57. The molecule has 0 aliphatic carbocycles. The Hall–Kier alpha value is -2.54. The topological polar surface area (TPSA) is 59.8 Å². The van der Waals surface area contributed by atoms with Crippen LogP contribution in [0.25, 0.3) is 11.3 Å². The predicted octanol–water partition coefficient (Wildman–Crippen LogP) is 3.55. The molecule has 1 N–H and O–H groups in total. The van der Waals surface area contributed by atoms with E-state index in [1.165, 1.54) is 23.5 Å². The van der Waals surface area contributed by atoms with E-state index in [2.05, 4.69) is 15.4 Å². The summed E-state index contributed by atoms with van der Waals surface area (Å²) < 4.78 is 14.8. The molecule has 26 heavy (non-hydrogen) atoms. The Bertz CT molecular complexity index is 914. The number of aromatic nitrogens is 3. The van der Waals surface area contributed by atoms with Crippen LogP contribution in [0.4, 0.5) is 4.39 Å². The lowest BCUT2D eigenvalue weighted by Crippen LogP contribution is -2.23. The molecular weight excluding hydrogens is 351 g/mol. The van der Waals surface area contributed by atoms with E-state index < -0.39 is 0 Å². The van der Waals surface area contributed by atoms with Gasteiger partial charge in [0.1, 0.15) is 10.8 Å². The first-order valence-corrected chi connectivity index (χ1v) is 9.28. The van der Waals surface area contributed by atoms with Gasteiger partial charge in [-0.15, -0.1) is 11.3 Å². The third kappa shape index (κ3) is 4.16. The zero-order chi connectivity index (χ0) is 18.7. The molecule has 0 aliphatic heterocycles. The van der Waals surface area contributed by atoms with E-state index in [1.807, 2.05) is 31.0 Å². The lowest BCUT2D eigenvalue weighted by molar-refractivity contribution is -0.121. The molecule has 0 bridgehead atoms. The van der Waals surface area contributed by atoms with Crippen LogP contribution in [0, 0.1) is 19.7 Å². The van der Waals surface area contributed by atoms with Crippen LogP contribution in [-0.2, 0) is 24.8 Å². The first kappa shape index (κ1) is 18.3. The lowest BCUT2D eigenvalue weighted by Gasteiger charge is -2.04. The third-order valence-corrected chi connectivity index (χ3v) is 5.24. The Morgan fingerprint density at radius 2 is 2.00 bits per heavy atom. The average molecular weight is 372 g/mol. The predicted molar refractivity (Wildman–Crippen MR) is 100 cm³/mol. The minimum atomic E-state index is -0.268. The number of hydrogen-bond donors (Lipinski definition) is 1. The maximum Gasteiger partial charge on any atom is 0.220 e. The summed E-state index contributed by atoms with van der Waals surface area (Å²) in [6, 6.07) is 6.23. The van der Waals surface area contributed by atoms with Crippen LogP contribution in [0.3, 0.4) is 0 Å². The van der Waals surface area contributed by atoms with Crippen LogP contribution in [0.2, 0.25) is 0 Å². The summed E-state index contributed by atoms with van der Waals surface area (Å²) in [6.07, 6.45) is 1.10. The van der Waals surface area contributed by atoms with Crippen molar-refractivity contribution in [2.75, 3.05) is 0 Å².